The summed E-state index contributed by atoms with van der Waals surface area (Å²) in [4.78, 5) is 19.0. The molecule has 0 fully saturated rings. The van der Waals surface area contributed by atoms with E-state index in [1.807, 2.05) is 13.2 Å². The second kappa shape index (κ2) is 10.0. The fraction of sp³-hybridized carbons (Fsp3) is 0.292. The number of nitrogens with zero attached hydrogens (tertiary/aromatic N) is 3. The van der Waals surface area contributed by atoms with Crippen LogP contribution in [0.4, 0.5) is 13.2 Å². The van der Waals surface area contributed by atoms with E-state index in [4.69, 9.17) is 14.6 Å². The zero-order valence-corrected chi connectivity index (χ0v) is 19.6. The molecule has 0 radical (unpaired) electrons. The van der Waals surface area contributed by atoms with Crippen LogP contribution in [0.2, 0.25) is 0 Å². The lowest BCUT2D eigenvalue weighted by atomic mass is 9.99. The van der Waals surface area contributed by atoms with Gasteiger partial charge in [-0.25, -0.2) is 15.4 Å². The van der Waals surface area contributed by atoms with Crippen LogP contribution < -0.4 is 10.2 Å². The van der Waals surface area contributed by atoms with Crippen molar-refractivity contribution in [2.75, 3.05) is 12.9 Å². The second-order valence-electron chi connectivity index (χ2n) is 7.88. The Morgan fingerprint density at radius 3 is 2.74 bits per heavy atom. The summed E-state index contributed by atoms with van der Waals surface area (Å²) in [7, 11) is 0. The van der Waals surface area contributed by atoms with Gasteiger partial charge in [0.1, 0.15) is 5.75 Å². The van der Waals surface area contributed by atoms with Gasteiger partial charge in [0.25, 0.3) is 0 Å². The number of benzene rings is 2. The van der Waals surface area contributed by atoms with E-state index in [9.17, 15) is 13.2 Å². The molecule has 10 heteroatoms. The van der Waals surface area contributed by atoms with Crippen molar-refractivity contribution in [3.8, 4) is 11.5 Å². The summed E-state index contributed by atoms with van der Waals surface area (Å²) in [5.74, 6) is 0.514. The van der Waals surface area contributed by atoms with Crippen LogP contribution in [0, 0.1) is 13.8 Å². The number of alkyl halides is 3. The molecule has 1 N–H and O–H groups in total. The SMILES string of the molecule is CSc1ncc(Oc2cccc(C(F)(F)F)c2)c(C2=N[C@H](Cc3ccc(C)cc3C)CON2)n1. The normalized spacial score (nSPS) is 16.1. The minimum Gasteiger partial charge on any atom is -0.453 e. The van der Waals surface area contributed by atoms with E-state index in [0.717, 1.165) is 17.7 Å². The highest BCUT2D eigenvalue weighted by Crippen LogP contribution is 2.33. The number of aryl methyl sites for hydroxylation is 2. The molecule has 0 amide bonds. The molecule has 2 heterocycles. The molecule has 0 spiro atoms. The van der Waals surface area contributed by atoms with Crippen LogP contribution in [0.15, 0.2) is 58.8 Å². The van der Waals surface area contributed by atoms with Gasteiger partial charge in [-0.3, -0.25) is 9.83 Å². The Bertz CT molecular complexity index is 1220. The fourth-order valence-electron chi connectivity index (χ4n) is 3.56. The van der Waals surface area contributed by atoms with E-state index in [-0.39, 0.29) is 17.5 Å². The number of halogens is 3. The van der Waals surface area contributed by atoms with Crippen LogP contribution >= 0.6 is 11.8 Å². The molecule has 1 atom stereocenters. The van der Waals surface area contributed by atoms with Crippen molar-refractivity contribution in [2.45, 2.75) is 37.6 Å². The number of hydrogen-bond acceptors (Lipinski definition) is 7. The van der Waals surface area contributed by atoms with E-state index >= 15 is 0 Å². The van der Waals surface area contributed by atoms with Gasteiger partial charge >= 0.3 is 6.18 Å². The minimum absolute atomic E-state index is 0.0146. The molecule has 1 aliphatic rings. The molecule has 3 aromatic rings. The number of amidine groups is 1. The molecule has 0 saturated carbocycles. The molecule has 4 rings (SSSR count). The standard InChI is InChI=1S/C24H23F3N4O2S/c1-14-7-8-16(15(2)9-14)10-18-13-32-31-22(29-18)21-20(12-28-23(30-21)34-3)33-19-6-4-5-17(11-19)24(25,26)27/h4-9,11-12,18H,10,13H2,1-3H3,(H,29,31)/t18-/m1/s1. The summed E-state index contributed by atoms with van der Waals surface area (Å²) in [5.41, 5.74) is 5.81. The van der Waals surface area contributed by atoms with Crippen molar-refractivity contribution < 1.29 is 22.7 Å². The first-order chi connectivity index (χ1) is 16.2. The van der Waals surface area contributed by atoms with E-state index in [2.05, 4.69) is 40.6 Å². The van der Waals surface area contributed by atoms with Gasteiger partial charge in [-0.1, -0.05) is 41.6 Å². The molecule has 1 aliphatic heterocycles. The summed E-state index contributed by atoms with van der Waals surface area (Å²) in [5, 5.41) is 0.465. The van der Waals surface area contributed by atoms with Gasteiger partial charge < -0.3 is 4.74 Å². The van der Waals surface area contributed by atoms with Crippen LogP contribution in [-0.2, 0) is 17.4 Å². The second-order valence-corrected chi connectivity index (χ2v) is 8.65. The first-order valence-electron chi connectivity index (χ1n) is 10.5. The van der Waals surface area contributed by atoms with Gasteiger partial charge in [0.2, 0.25) is 0 Å². The number of rotatable bonds is 6. The Labute approximate surface area is 199 Å². The van der Waals surface area contributed by atoms with Crippen LogP contribution in [0.5, 0.6) is 11.5 Å². The summed E-state index contributed by atoms with van der Waals surface area (Å²) in [6, 6.07) is 10.7. The van der Waals surface area contributed by atoms with E-state index in [1.54, 1.807) is 0 Å². The summed E-state index contributed by atoms with van der Waals surface area (Å²) < 4.78 is 45.1. The number of hydrogen-bond donors (Lipinski definition) is 1. The summed E-state index contributed by atoms with van der Waals surface area (Å²) in [6.45, 7) is 4.47. The average Bonchev–Trinajstić information content (AvgIpc) is 2.81. The Morgan fingerprint density at radius 2 is 2.00 bits per heavy atom. The number of thioether (sulfide) groups is 1. The van der Waals surface area contributed by atoms with Crippen LogP contribution in [-0.4, -0.2) is 34.7 Å². The molecule has 0 aliphatic carbocycles. The largest absolute Gasteiger partial charge is 0.453 e. The average molecular weight is 489 g/mol. The predicted molar refractivity (Wildman–Crippen MR) is 124 cm³/mol. The van der Waals surface area contributed by atoms with E-state index in [0.29, 0.717) is 29.7 Å². The lowest BCUT2D eigenvalue weighted by Crippen LogP contribution is -2.37. The number of aliphatic imine (C=N–C) groups is 1. The van der Waals surface area contributed by atoms with Gasteiger partial charge in [0.05, 0.1) is 24.4 Å². The zero-order chi connectivity index (χ0) is 24.3. The smallest absolute Gasteiger partial charge is 0.416 e. The molecule has 0 unspecified atom stereocenters. The minimum atomic E-state index is -4.48. The van der Waals surface area contributed by atoms with Crippen molar-refractivity contribution in [3.05, 3.63) is 76.6 Å². The first-order valence-corrected chi connectivity index (χ1v) is 11.7. The summed E-state index contributed by atoms with van der Waals surface area (Å²) >= 11 is 1.32. The van der Waals surface area contributed by atoms with Gasteiger partial charge in [-0.15, -0.1) is 0 Å². The Morgan fingerprint density at radius 1 is 1.18 bits per heavy atom. The van der Waals surface area contributed by atoms with Crippen molar-refractivity contribution in [3.63, 3.8) is 0 Å². The highest BCUT2D eigenvalue weighted by molar-refractivity contribution is 7.98. The highest BCUT2D eigenvalue weighted by atomic mass is 32.2. The van der Waals surface area contributed by atoms with Crippen molar-refractivity contribution in [1.29, 1.82) is 0 Å². The zero-order valence-electron chi connectivity index (χ0n) is 18.8. The molecule has 34 heavy (non-hydrogen) atoms. The van der Waals surface area contributed by atoms with E-state index in [1.165, 1.54) is 41.2 Å². The molecular formula is C24H23F3N4O2S. The molecule has 6 nitrogen and oxygen atoms in total. The fourth-order valence-corrected chi connectivity index (χ4v) is 3.90. The van der Waals surface area contributed by atoms with Crippen LogP contribution in [0.1, 0.15) is 27.9 Å². The van der Waals surface area contributed by atoms with E-state index < -0.39 is 11.7 Å². The predicted octanol–water partition coefficient (Wildman–Crippen LogP) is 5.52. The molecule has 1 aromatic heterocycles. The number of nitrogens with one attached hydrogen (secondary N) is 1. The van der Waals surface area contributed by atoms with Gasteiger partial charge in [0.15, 0.2) is 22.4 Å². The lowest BCUT2D eigenvalue weighted by molar-refractivity contribution is -0.137. The van der Waals surface area contributed by atoms with Crippen LogP contribution in [0.25, 0.3) is 0 Å². The Hall–Kier alpha value is -3.11. The first kappa shape index (κ1) is 24.0. The Kier molecular flexibility index (Phi) is 7.08. The van der Waals surface area contributed by atoms with Crippen molar-refractivity contribution in [2.24, 2.45) is 4.99 Å². The molecule has 0 saturated heterocycles. The summed E-state index contributed by atoms with van der Waals surface area (Å²) in [6.07, 6.45) is -0.568. The van der Waals surface area contributed by atoms with Gasteiger partial charge in [-0.2, -0.15) is 13.2 Å². The molecule has 0 bridgehead atoms. The quantitative estimate of drug-likeness (QED) is 0.364. The number of hydroxylamine groups is 1. The maximum Gasteiger partial charge on any atom is 0.416 e. The van der Waals surface area contributed by atoms with Crippen LogP contribution in [0.3, 0.4) is 0 Å². The van der Waals surface area contributed by atoms with Gasteiger partial charge in [0, 0.05) is 0 Å². The topological polar surface area (TPSA) is 68.6 Å². The third-order valence-electron chi connectivity index (χ3n) is 5.24. The van der Waals surface area contributed by atoms with Gasteiger partial charge in [-0.05, 0) is 55.9 Å². The lowest BCUT2D eigenvalue weighted by Gasteiger charge is -2.23. The highest BCUT2D eigenvalue weighted by Gasteiger charge is 2.31. The monoisotopic (exact) mass is 488 g/mol. The molecule has 2 aromatic carbocycles. The number of ether oxygens (including phenoxy) is 1. The third-order valence-corrected chi connectivity index (χ3v) is 5.80. The maximum absolute atomic E-state index is 13.1. The molecular weight excluding hydrogens is 465 g/mol. The number of aromatic nitrogens is 2. The Balaban J connectivity index is 1.65. The maximum atomic E-state index is 13.1. The van der Waals surface area contributed by atoms with Crippen molar-refractivity contribution >= 4 is 17.6 Å². The molecule has 178 valence electrons. The van der Waals surface area contributed by atoms with Crippen molar-refractivity contribution in [1.82, 2.24) is 15.4 Å². The third kappa shape index (κ3) is 5.68.